The fourth-order valence-electron chi connectivity index (χ4n) is 5.03. The second-order valence-corrected chi connectivity index (χ2v) is 8.90. The van der Waals surface area contributed by atoms with E-state index in [-0.39, 0.29) is 0 Å². The number of nitrogens with zero attached hydrogens (tertiary/aromatic N) is 5. The molecule has 1 aromatic heterocycles. The zero-order valence-electron chi connectivity index (χ0n) is 20.0. The molecule has 2 aromatic carbocycles. The van der Waals surface area contributed by atoms with Gasteiger partial charge in [-0.1, -0.05) is 43.0 Å². The molecule has 1 saturated heterocycles. The molecule has 0 atom stereocenters. The van der Waals surface area contributed by atoms with Crippen LogP contribution in [0, 0.1) is 0 Å². The number of benzene rings is 2. The van der Waals surface area contributed by atoms with Crippen LogP contribution < -0.4 is 14.5 Å². The van der Waals surface area contributed by atoms with Gasteiger partial charge in [0.05, 0.1) is 18.8 Å². The number of amides is 1. The zero-order valence-corrected chi connectivity index (χ0v) is 20.0. The Kier molecular flexibility index (Phi) is 6.53. The van der Waals surface area contributed by atoms with Crippen LogP contribution in [0.15, 0.2) is 54.9 Å². The highest BCUT2D eigenvalue weighted by molar-refractivity contribution is 5.94. The van der Waals surface area contributed by atoms with Crippen LogP contribution in [-0.2, 0) is 17.8 Å². The molecule has 8 heteroatoms. The molecule has 3 heterocycles. The smallest absolute Gasteiger partial charge is 0.318 e. The first-order chi connectivity index (χ1) is 17.0. The molecule has 2 aliphatic rings. The quantitative estimate of drug-likeness (QED) is 0.518. The Balaban J connectivity index is 1.47. The van der Waals surface area contributed by atoms with E-state index in [9.17, 15) is 9.18 Å². The van der Waals surface area contributed by atoms with Crippen molar-refractivity contribution in [1.29, 1.82) is 0 Å². The van der Waals surface area contributed by atoms with Crippen molar-refractivity contribution >= 4 is 28.2 Å². The van der Waals surface area contributed by atoms with Crippen LogP contribution in [0.2, 0.25) is 0 Å². The summed E-state index contributed by atoms with van der Waals surface area (Å²) in [5.74, 6) is -0.683. The molecule has 0 bridgehead atoms. The average molecular weight is 476 g/mol. The Morgan fingerprint density at radius 1 is 1.03 bits per heavy atom. The van der Waals surface area contributed by atoms with Gasteiger partial charge in [-0.25, -0.2) is 4.39 Å². The minimum Gasteiger partial charge on any atom is -0.464 e. The van der Waals surface area contributed by atoms with Crippen molar-refractivity contribution in [2.24, 2.45) is 0 Å². The van der Waals surface area contributed by atoms with Crippen molar-refractivity contribution in [1.82, 2.24) is 14.9 Å². The van der Waals surface area contributed by atoms with Crippen molar-refractivity contribution in [3.63, 3.8) is 0 Å². The summed E-state index contributed by atoms with van der Waals surface area (Å²) >= 11 is 0. The Morgan fingerprint density at radius 3 is 2.57 bits per heavy atom. The highest BCUT2D eigenvalue weighted by Crippen LogP contribution is 2.33. The molecule has 3 aromatic rings. The van der Waals surface area contributed by atoms with Crippen molar-refractivity contribution in [3.05, 3.63) is 66.1 Å². The van der Waals surface area contributed by atoms with Gasteiger partial charge in [-0.2, -0.15) is 9.97 Å². The van der Waals surface area contributed by atoms with E-state index in [4.69, 9.17) is 14.7 Å². The number of hydrogen-bond acceptors (Lipinski definition) is 6. The summed E-state index contributed by atoms with van der Waals surface area (Å²) in [6.45, 7) is 9.11. The summed E-state index contributed by atoms with van der Waals surface area (Å²) in [6, 6.07) is 15.2. The summed E-state index contributed by atoms with van der Waals surface area (Å²) in [5, 5.41) is 2.45. The lowest BCUT2D eigenvalue weighted by Crippen LogP contribution is -2.49. The lowest BCUT2D eigenvalue weighted by Gasteiger charge is -2.36. The van der Waals surface area contributed by atoms with Crippen LogP contribution >= 0.6 is 0 Å². The van der Waals surface area contributed by atoms with Gasteiger partial charge in [-0.05, 0) is 31.2 Å². The number of anilines is 2. The van der Waals surface area contributed by atoms with E-state index in [1.165, 1.54) is 21.4 Å². The van der Waals surface area contributed by atoms with Crippen molar-refractivity contribution < 1.29 is 13.9 Å². The third kappa shape index (κ3) is 4.65. The predicted octanol–water partition coefficient (Wildman–Crippen LogP) is 4.11. The lowest BCUT2D eigenvalue weighted by atomic mass is 10.1. The largest absolute Gasteiger partial charge is 0.464 e. The SMILES string of the molecule is C=C(F)C(=O)N1CCN(c2nc(OCC)nc3c2CCCN(c2cccc4ccccc24)C3)CC1. The topological polar surface area (TPSA) is 61.8 Å². The normalized spacial score (nSPS) is 16.1. The molecule has 7 nitrogen and oxygen atoms in total. The molecule has 0 spiro atoms. The molecule has 35 heavy (non-hydrogen) atoms. The molecule has 2 aliphatic heterocycles. The van der Waals surface area contributed by atoms with Crippen LogP contribution in [0.3, 0.4) is 0 Å². The van der Waals surface area contributed by atoms with E-state index < -0.39 is 11.7 Å². The highest BCUT2D eigenvalue weighted by Gasteiger charge is 2.28. The van der Waals surface area contributed by atoms with Crippen LogP contribution in [0.1, 0.15) is 24.6 Å². The number of fused-ring (bicyclic) bond motifs is 2. The molecule has 1 fully saturated rings. The first kappa shape index (κ1) is 23.1. The van der Waals surface area contributed by atoms with Gasteiger partial charge < -0.3 is 19.4 Å². The van der Waals surface area contributed by atoms with Crippen molar-refractivity contribution in [2.75, 3.05) is 49.1 Å². The molecular formula is C27H30FN5O2. The summed E-state index contributed by atoms with van der Waals surface area (Å²) in [6.07, 6.45) is 1.83. The molecule has 0 N–H and O–H groups in total. The summed E-state index contributed by atoms with van der Waals surface area (Å²) in [5.41, 5.74) is 3.30. The Bertz CT molecular complexity index is 1250. The fourth-order valence-corrected chi connectivity index (χ4v) is 5.03. The van der Waals surface area contributed by atoms with E-state index in [2.05, 4.69) is 58.8 Å². The zero-order chi connectivity index (χ0) is 24.4. The molecule has 0 radical (unpaired) electrons. The summed E-state index contributed by atoms with van der Waals surface area (Å²) in [4.78, 5) is 27.7. The Morgan fingerprint density at radius 2 is 1.80 bits per heavy atom. The summed E-state index contributed by atoms with van der Waals surface area (Å²) in [7, 11) is 0. The minimum absolute atomic E-state index is 0.372. The first-order valence-corrected chi connectivity index (χ1v) is 12.2. The molecule has 0 saturated carbocycles. The van der Waals surface area contributed by atoms with Gasteiger partial charge in [0.25, 0.3) is 5.91 Å². The van der Waals surface area contributed by atoms with Crippen LogP contribution in [0.5, 0.6) is 6.01 Å². The Hall–Kier alpha value is -3.68. The monoisotopic (exact) mass is 475 g/mol. The first-order valence-electron chi connectivity index (χ1n) is 12.2. The minimum atomic E-state index is -0.915. The van der Waals surface area contributed by atoms with E-state index in [0.717, 1.165) is 36.5 Å². The second kappa shape index (κ2) is 9.90. The van der Waals surface area contributed by atoms with Crippen molar-refractivity contribution in [2.45, 2.75) is 26.3 Å². The fraction of sp³-hybridized carbons (Fsp3) is 0.370. The van der Waals surface area contributed by atoms with Crippen molar-refractivity contribution in [3.8, 4) is 6.01 Å². The number of hydrogen-bond donors (Lipinski definition) is 0. The maximum absolute atomic E-state index is 13.3. The molecular weight excluding hydrogens is 445 g/mol. The van der Waals surface area contributed by atoms with Gasteiger partial charge in [-0.3, -0.25) is 4.79 Å². The van der Waals surface area contributed by atoms with E-state index in [0.29, 0.717) is 45.3 Å². The van der Waals surface area contributed by atoms with Gasteiger partial charge in [0.2, 0.25) is 0 Å². The third-order valence-electron chi connectivity index (χ3n) is 6.73. The molecule has 0 aliphatic carbocycles. The van der Waals surface area contributed by atoms with E-state index >= 15 is 0 Å². The lowest BCUT2D eigenvalue weighted by molar-refractivity contribution is -0.128. The number of carbonyl (C=O) groups is 1. The molecule has 1 amide bonds. The van der Waals surface area contributed by atoms with Crippen LogP contribution in [0.4, 0.5) is 15.9 Å². The van der Waals surface area contributed by atoms with Gasteiger partial charge >= 0.3 is 6.01 Å². The number of piperazine rings is 1. The number of aromatic nitrogens is 2. The van der Waals surface area contributed by atoms with Gasteiger partial charge in [-0.15, -0.1) is 0 Å². The van der Waals surface area contributed by atoms with Gasteiger partial charge in [0.15, 0.2) is 5.83 Å². The number of carbonyl (C=O) groups excluding carboxylic acids is 1. The number of ether oxygens (including phenoxy) is 1. The summed E-state index contributed by atoms with van der Waals surface area (Å²) < 4.78 is 19.1. The van der Waals surface area contributed by atoms with Gasteiger partial charge in [0, 0.05) is 49.4 Å². The average Bonchev–Trinajstić information content (AvgIpc) is 3.10. The second-order valence-electron chi connectivity index (χ2n) is 8.90. The number of rotatable bonds is 5. The maximum Gasteiger partial charge on any atom is 0.318 e. The van der Waals surface area contributed by atoms with E-state index in [1.54, 1.807) is 0 Å². The standard InChI is InChI=1S/C27H30FN5O2/c1-3-35-27-29-23-18-33(24-12-6-9-20-8-4-5-10-21(20)24)13-7-11-22(23)25(30-27)31-14-16-32(17-15-31)26(34)19(2)28/h4-6,8-10,12H,2-3,7,11,13-18H2,1H3. The Labute approximate surface area is 204 Å². The highest BCUT2D eigenvalue weighted by atomic mass is 19.1. The van der Waals surface area contributed by atoms with Crippen LogP contribution in [0.25, 0.3) is 10.8 Å². The molecule has 182 valence electrons. The number of halogens is 1. The molecule has 0 unspecified atom stereocenters. The third-order valence-corrected chi connectivity index (χ3v) is 6.73. The molecule has 5 rings (SSSR count). The maximum atomic E-state index is 13.3. The van der Waals surface area contributed by atoms with Gasteiger partial charge in [0.1, 0.15) is 5.82 Å². The van der Waals surface area contributed by atoms with E-state index in [1.807, 2.05) is 6.92 Å². The van der Waals surface area contributed by atoms with Crippen LogP contribution in [-0.4, -0.2) is 60.1 Å². The predicted molar refractivity (Wildman–Crippen MR) is 136 cm³/mol.